The molecule has 1 saturated heterocycles. The fourth-order valence-electron chi connectivity index (χ4n) is 3.07. The SMILES string of the molecule is CC(=O)c1cccc(NC(=O)NCC2CCOC2c2ccccc2)c1. The Balaban J connectivity index is 1.55. The lowest BCUT2D eigenvalue weighted by atomic mass is 9.95. The molecule has 2 aromatic carbocycles. The second-order valence-corrected chi connectivity index (χ2v) is 6.22. The summed E-state index contributed by atoms with van der Waals surface area (Å²) in [5.41, 5.74) is 2.32. The van der Waals surface area contributed by atoms with Crippen molar-refractivity contribution >= 4 is 17.5 Å². The van der Waals surface area contributed by atoms with Gasteiger partial charge < -0.3 is 15.4 Å². The number of rotatable bonds is 5. The van der Waals surface area contributed by atoms with Gasteiger partial charge in [-0.3, -0.25) is 4.79 Å². The second-order valence-electron chi connectivity index (χ2n) is 6.22. The summed E-state index contributed by atoms with van der Waals surface area (Å²) in [6.45, 7) is 2.75. The highest BCUT2D eigenvalue weighted by atomic mass is 16.5. The highest BCUT2D eigenvalue weighted by molar-refractivity contribution is 5.96. The van der Waals surface area contributed by atoms with E-state index in [0.717, 1.165) is 12.0 Å². The molecular weight excluding hydrogens is 316 g/mol. The van der Waals surface area contributed by atoms with E-state index in [2.05, 4.69) is 22.8 Å². The molecule has 1 heterocycles. The van der Waals surface area contributed by atoms with Crippen LogP contribution in [0.1, 0.15) is 35.4 Å². The number of Topliss-reactive ketones (excluding diaryl/α,β-unsaturated/α-hetero) is 1. The van der Waals surface area contributed by atoms with Crippen molar-refractivity contribution in [2.75, 3.05) is 18.5 Å². The minimum Gasteiger partial charge on any atom is -0.373 e. The number of hydrogen-bond donors (Lipinski definition) is 2. The molecule has 0 spiro atoms. The molecule has 1 fully saturated rings. The number of hydrogen-bond acceptors (Lipinski definition) is 3. The van der Waals surface area contributed by atoms with E-state index < -0.39 is 0 Å². The smallest absolute Gasteiger partial charge is 0.319 e. The molecule has 5 nitrogen and oxygen atoms in total. The first-order valence-corrected chi connectivity index (χ1v) is 8.46. The molecule has 3 rings (SSSR count). The van der Waals surface area contributed by atoms with E-state index in [1.165, 1.54) is 6.92 Å². The molecule has 130 valence electrons. The van der Waals surface area contributed by atoms with Crippen LogP contribution in [0.25, 0.3) is 0 Å². The highest BCUT2D eigenvalue weighted by Gasteiger charge is 2.29. The van der Waals surface area contributed by atoms with Crippen LogP contribution in [-0.4, -0.2) is 25.0 Å². The number of amides is 2. The molecule has 0 aromatic heterocycles. The Morgan fingerprint density at radius 3 is 2.68 bits per heavy atom. The third kappa shape index (κ3) is 4.45. The number of anilines is 1. The van der Waals surface area contributed by atoms with Crippen molar-refractivity contribution in [2.24, 2.45) is 5.92 Å². The number of ketones is 1. The van der Waals surface area contributed by atoms with Crippen molar-refractivity contribution in [3.63, 3.8) is 0 Å². The summed E-state index contributed by atoms with van der Waals surface area (Å²) in [4.78, 5) is 23.6. The van der Waals surface area contributed by atoms with Crippen LogP contribution in [0.2, 0.25) is 0 Å². The van der Waals surface area contributed by atoms with Crippen LogP contribution in [0.4, 0.5) is 10.5 Å². The summed E-state index contributed by atoms with van der Waals surface area (Å²) in [6.07, 6.45) is 0.933. The van der Waals surface area contributed by atoms with Crippen LogP contribution in [-0.2, 0) is 4.74 Å². The van der Waals surface area contributed by atoms with Crippen LogP contribution in [0.15, 0.2) is 54.6 Å². The molecule has 2 unspecified atom stereocenters. The molecular formula is C20H22N2O3. The Hall–Kier alpha value is -2.66. The standard InChI is InChI=1S/C20H22N2O3/c1-14(23)16-8-5-9-18(12-16)22-20(24)21-13-17-10-11-25-19(17)15-6-3-2-4-7-15/h2-9,12,17,19H,10-11,13H2,1H3,(H2,21,22,24). The Morgan fingerprint density at radius 2 is 1.92 bits per heavy atom. The Labute approximate surface area is 147 Å². The number of ether oxygens (including phenoxy) is 1. The van der Waals surface area contributed by atoms with Gasteiger partial charge in [0.2, 0.25) is 0 Å². The number of carbonyl (C=O) groups is 2. The van der Waals surface area contributed by atoms with Gasteiger partial charge in [0.05, 0.1) is 6.10 Å². The van der Waals surface area contributed by atoms with Crippen molar-refractivity contribution in [2.45, 2.75) is 19.4 Å². The van der Waals surface area contributed by atoms with Crippen molar-refractivity contribution in [3.05, 3.63) is 65.7 Å². The highest BCUT2D eigenvalue weighted by Crippen LogP contribution is 2.33. The zero-order chi connectivity index (χ0) is 17.6. The number of carbonyl (C=O) groups excluding carboxylic acids is 2. The van der Waals surface area contributed by atoms with Crippen LogP contribution < -0.4 is 10.6 Å². The first kappa shape index (κ1) is 17.2. The van der Waals surface area contributed by atoms with Gasteiger partial charge >= 0.3 is 6.03 Å². The molecule has 1 aliphatic rings. The number of benzene rings is 2. The topological polar surface area (TPSA) is 67.4 Å². The third-order valence-corrected chi connectivity index (χ3v) is 4.39. The molecule has 2 aromatic rings. The van der Waals surface area contributed by atoms with E-state index in [9.17, 15) is 9.59 Å². The van der Waals surface area contributed by atoms with Crippen molar-refractivity contribution in [3.8, 4) is 0 Å². The summed E-state index contributed by atoms with van der Waals surface area (Å²) in [5, 5.41) is 5.68. The molecule has 2 N–H and O–H groups in total. The lowest BCUT2D eigenvalue weighted by molar-refractivity contribution is 0.0911. The van der Waals surface area contributed by atoms with E-state index in [1.807, 2.05) is 18.2 Å². The van der Waals surface area contributed by atoms with E-state index in [1.54, 1.807) is 24.3 Å². The van der Waals surface area contributed by atoms with Crippen LogP contribution in [0.5, 0.6) is 0 Å². The summed E-state index contributed by atoms with van der Waals surface area (Å²) in [7, 11) is 0. The Morgan fingerprint density at radius 1 is 1.12 bits per heavy atom. The van der Waals surface area contributed by atoms with Gasteiger partial charge in [0.15, 0.2) is 5.78 Å². The monoisotopic (exact) mass is 338 g/mol. The average Bonchev–Trinajstić information content (AvgIpc) is 3.09. The summed E-state index contributed by atoms with van der Waals surface area (Å²) in [5.74, 6) is 0.217. The van der Waals surface area contributed by atoms with Gasteiger partial charge in [0.1, 0.15) is 0 Å². The molecule has 5 heteroatoms. The van der Waals surface area contributed by atoms with E-state index in [-0.39, 0.29) is 23.8 Å². The fraction of sp³-hybridized carbons (Fsp3) is 0.300. The van der Waals surface area contributed by atoms with Crippen LogP contribution >= 0.6 is 0 Å². The average molecular weight is 338 g/mol. The lowest BCUT2D eigenvalue weighted by Gasteiger charge is -2.19. The van der Waals surface area contributed by atoms with Gasteiger partial charge in [0, 0.05) is 30.3 Å². The lowest BCUT2D eigenvalue weighted by Crippen LogP contribution is -2.34. The zero-order valence-corrected chi connectivity index (χ0v) is 14.2. The third-order valence-electron chi connectivity index (χ3n) is 4.39. The normalized spacial score (nSPS) is 19.4. The minimum absolute atomic E-state index is 0.0162. The summed E-state index contributed by atoms with van der Waals surface area (Å²) < 4.78 is 5.84. The summed E-state index contributed by atoms with van der Waals surface area (Å²) in [6, 6.07) is 16.7. The zero-order valence-electron chi connectivity index (χ0n) is 14.2. The van der Waals surface area contributed by atoms with E-state index in [4.69, 9.17) is 4.74 Å². The van der Waals surface area contributed by atoms with E-state index >= 15 is 0 Å². The van der Waals surface area contributed by atoms with Crippen LogP contribution in [0.3, 0.4) is 0 Å². The fourth-order valence-corrected chi connectivity index (χ4v) is 3.07. The van der Waals surface area contributed by atoms with Crippen LogP contribution in [0, 0.1) is 5.92 Å². The van der Waals surface area contributed by atoms with Crippen molar-refractivity contribution < 1.29 is 14.3 Å². The maximum absolute atomic E-state index is 12.1. The molecule has 0 aliphatic carbocycles. The van der Waals surface area contributed by atoms with Gasteiger partial charge in [-0.05, 0) is 31.0 Å². The van der Waals surface area contributed by atoms with Gasteiger partial charge in [0.25, 0.3) is 0 Å². The summed E-state index contributed by atoms with van der Waals surface area (Å²) >= 11 is 0. The van der Waals surface area contributed by atoms with Gasteiger partial charge in [-0.1, -0.05) is 42.5 Å². The Bertz CT molecular complexity index is 746. The molecule has 1 aliphatic heterocycles. The molecule has 2 amide bonds. The van der Waals surface area contributed by atoms with Crippen molar-refractivity contribution in [1.82, 2.24) is 5.32 Å². The first-order chi connectivity index (χ1) is 12.1. The maximum Gasteiger partial charge on any atom is 0.319 e. The van der Waals surface area contributed by atoms with E-state index in [0.29, 0.717) is 24.4 Å². The van der Waals surface area contributed by atoms with Gasteiger partial charge in [-0.25, -0.2) is 4.79 Å². The second kappa shape index (κ2) is 7.94. The molecule has 0 bridgehead atoms. The Kier molecular flexibility index (Phi) is 5.46. The maximum atomic E-state index is 12.1. The molecule has 2 atom stereocenters. The predicted molar refractivity (Wildman–Crippen MR) is 96.7 cm³/mol. The molecule has 25 heavy (non-hydrogen) atoms. The number of nitrogens with one attached hydrogen (secondary N) is 2. The minimum atomic E-state index is -0.278. The molecule has 0 radical (unpaired) electrons. The van der Waals surface area contributed by atoms with Crippen molar-refractivity contribution in [1.29, 1.82) is 0 Å². The largest absolute Gasteiger partial charge is 0.373 e. The van der Waals surface area contributed by atoms with Gasteiger partial charge in [-0.2, -0.15) is 0 Å². The van der Waals surface area contributed by atoms with Gasteiger partial charge in [-0.15, -0.1) is 0 Å². The predicted octanol–water partition coefficient (Wildman–Crippen LogP) is 3.79. The number of urea groups is 1. The quantitative estimate of drug-likeness (QED) is 0.815. The molecule has 0 saturated carbocycles. The first-order valence-electron chi connectivity index (χ1n) is 8.46.